The second-order valence-electron chi connectivity index (χ2n) is 5.48. The molecule has 2 aromatic rings. The Bertz CT molecular complexity index is 898. The Kier molecular flexibility index (Phi) is 6.93. The Morgan fingerprint density at radius 2 is 1.96 bits per heavy atom. The molecule has 2 rings (SSSR count). The molecule has 0 saturated carbocycles. The molecule has 0 bridgehead atoms. The van der Waals surface area contributed by atoms with Gasteiger partial charge in [-0.15, -0.1) is 11.3 Å². The van der Waals surface area contributed by atoms with Crippen LogP contribution in [-0.4, -0.2) is 44.7 Å². The molecule has 1 aromatic heterocycles. The zero-order chi connectivity index (χ0) is 19.3. The topological polar surface area (TPSA) is 95.6 Å². The second-order valence-corrected chi connectivity index (χ2v) is 9.56. The standard InChI is InChI=1S/C16H18BrN3O4S2/c1-11-8-12(5-6-13(11)17)19-14(21)9-18-15(22)10-20(2)26(23,24)16-4-3-7-25-16/h3-8H,9-10H2,1-2H3,(H,18,22)(H,19,21). The van der Waals surface area contributed by atoms with Crippen LogP contribution in [0.4, 0.5) is 5.69 Å². The van der Waals surface area contributed by atoms with Gasteiger partial charge in [0.05, 0.1) is 13.1 Å². The van der Waals surface area contributed by atoms with Crippen LogP contribution in [0, 0.1) is 6.92 Å². The molecule has 0 atom stereocenters. The van der Waals surface area contributed by atoms with E-state index < -0.39 is 21.8 Å². The summed E-state index contributed by atoms with van der Waals surface area (Å²) in [5.41, 5.74) is 1.58. The summed E-state index contributed by atoms with van der Waals surface area (Å²) in [6.45, 7) is 1.27. The summed E-state index contributed by atoms with van der Waals surface area (Å²) in [6, 6.07) is 8.44. The van der Waals surface area contributed by atoms with Crippen LogP contribution in [0.25, 0.3) is 0 Å². The average molecular weight is 460 g/mol. The van der Waals surface area contributed by atoms with Gasteiger partial charge in [-0.05, 0) is 42.1 Å². The van der Waals surface area contributed by atoms with Crippen molar-refractivity contribution in [3.63, 3.8) is 0 Å². The molecule has 1 aromatic carbocycles. The molecular weight excluding hydrogens is 442 g/mol. The highest BCUT2D eigenvalue weighted by Crippen LogP contribution is 2.20. The number of nitrogens with zero attached hydrogens (tertiary/aromatic N) is 1. The first-order chi connectivity index (χ1) is 12.2. The molecule has 26 heavy (non-hydrogen) atoms. The summed E-state index contributed by atoms with van der Waals surface area (Å²) < 4.78 is 26.5. The number of likely N-dealkylation sites (N-methyl/N-ethyl adjacent to an activating group) is 1. The van der Waals surface area contributed by atoms with Crippen molar-refractivity contribution in [2.75, 3.05) is 25.5 Å². The van der Waals surface area contributed by atoms with Gasteiger partial charge in [0, 0.05) is 17.2 Å². The maximum atomic E-state index is 12.2. The number of benzene rings is 1. The van der Waals surface area contributed by atoms with E-state index in [1.165, 1.54) is 13.1 Å². The fourth-order valence-electron chi connectivity index (χ4n) is 2.01. The van der Waals surface area contributed by atoms with Crippen molar-refractivity contribution in [1.82, 2.24) is 9.62 Å². The van der Waals surface area contributed by atoms with E-state index in [-0.39, 0.29) is 17.3 Å². The number of amides is 2. The minimum atomic E-state index is -3.70. The molecule has 0 saturated heterocycles. The van der Waals surface area contributed by atoms with Crippen molar-refractivity contribution in [3.05, 3.63) is 45.7 Å². The van der Waals surface area contributed by atoms with E-state index >= 15 is 0 Å². The first-order valence-electron chi connectivity index (χ1n) is 7.52. The summed E-state index contributed by atoms with van der Waals surface area (Å²) in [6.07, 6.45) is 0. The van der Waals surface area contributed by atoms with E-state index in [1.807, 2.05) is 13.0 Å². The van der Waals surface area contributed by atoms with Crippen molar-refractivity contribution in [1.29, 1.82) is 0 Å². The minimum Gasteiger partial charge on any atom is -0.346 e. The highest BCUT2D eigenvalue weighted by atomic mass is 79.9. The summed E-state index contributed by atoms with van der Waals surface area (Å²) in [4.78, 5) is 23.8. The number of carbonyl (C=O) groups is 2. The fourth-order valence-corrected chi connectivity index (χ4v) is 4.59. The number of halogens is 1. The molecule has 0 radical (unpaired) electrons. The number of nitrogens with one attached hydrogen (secondary N) is 2. The van der Waals surface area contributed by atoms with Gasteiger partial charge in [-0.3, -0.25) is 9.59 Å². The van der Waals surface area contributed by atoms with Gasteiger partial charge in [-0.2, -0.15) is 4.31 Å². The normalized spacial score (nSPS) is 11.4. The van der Waals surface area contributed by atoms with E-state index in [1.54, 1.807) is 23.6 Å². The Labute approximate surface area is 164 Å². The van der Waals surface area contributed by atoms with Crippen molar-refractivity contribution in [3.8, 4) is 0 Å². The lowest BCUT2D eigenvalue weighted by molar-refractivity contribution is -0.124. The third kappa shape index (κ3) is 5.37. The number of anilines is 1. The minimum absolute atomic E-state index is 0.163. The number of hydrogen-bond acceptors (Lipinski definition) is 5. The van der Waals surface area contributed by atoms with Crippen LogP contribution in [0.5, 0.6) is 0 Å². The highest BCUT2D eigenvalue weighted by Gasteiger charge is 2.23. The molecule has 7 nitrogen and oxygen atoms in total. The second kappa shape index (κ2) is 8.76. The van der Waals surface area contributed by atoms with Crippen LogP contribution in [0.1, 0.15) is 5.56 Å². The van der Waals surface area contributed by atoms with Crippen LogP contribution in [0.2, 0.25) is 0 Å². The molecule has 0 aliphatic rings. The molecule has 1 heterocycles. The third-order valence-electron chi connectivity index (χ3n) is 3.41. The molecule has 0 fully saturated rings. The first kappa shape index (κ1) is 20.6. The van der Waals surface area contributed by atoms with Crippen LogP contribution in [0.3, 0.4) is 0 Å². The fraction of sp³-hybridized carbons (Fsp3) is 0.250. The average Bonchev–Trinajstić information content (AvgIpc) is 3.11. The van der Waals surface area contributed by atoms with Gasteiger partial charge >= 0.3 is 0 Å². The van der Waals surface area contributed by atoms with E-state index in [4.69, 9.17) is 0 Å². The van der Waals surface area contributed by atoms with Crippen LogP contribution >= 0.6 is 27.3 Å². The lowest BCUT2D eigenvalue weighted by Gasteiger charge is -2.15. The Hall–Kier alpha value is -1.75. The quantitative estimate of drug-likeness (QED) is 0.662. The summed E-state index contributed by atoms with van der Waals surface area (Å²) >= 11 is 4.45. The number of sulfonamides is 1. The predicted molar refractivity (Wildman–Crippen MR) is 105 cm³/mol. The Morgan fingerprint density at radius 1 is 1.23 bits per heavy atom. The SMILES string of the molecule is Cc1cc(NC(=O)CNC(=O)CN(C)S(=O)(=O)c2cccs2)ccc1Br. The van der Waals surface area contributed by atoms with Gasteiger partial charge in [0.1, 0.15) is 4.21 Å². The molecule has 0 aliphatic carbocycles. The Balaban J connectivity index is 1.84. The predicted octanol–water partition coefficient (Wildman–Crippen LogP) is 2.19. The summed E-state index contributed by atoms with van der Waals surface area (Å²) in [5, 5.41) is 6.73. The van der Waals surface area contributed by atoms with Gasteiger partial charge < -0.3 is 10.6 Å². The molecule has 0 spiro atoms. The smallest absolute Gasteiger partial charge is 0.252 e. The van der Waals surface area contributed by atoms with Crippen molar-refractivity contribution >= 4 is 54.8 Å². The van der Waals surface area contributed by atoms with E-state index in [2.05, 4.69) is 26.6 Å². The van der Waals surface area contributed by atoms with Crippen LogP contribution in [0.15, 0.2) is 44.4 Å². The monoisotopic (exact) mass is 459 g/mol. The number of carbonyl (C=O) groups excluding carboxylic acids is 2. The van der Waals surface area contributed by atoms with Crippen molar-refractivity contribution in [2.24, 2.45) is 0 Å². The summed E-state index contributed by atoms with van der Waals surface area (Å²) in [7, 11) is -2.38. The molecule has 10 heteroatoms. The zero-order valence-electron chi connectivity index (χ0n) is 14.2. The van der Waals surface area contributed by atoms with Gasteiger partial charge in [-0.1, -0.05) is 22.0 Å². The third-order valence-corrected chi connectivity index (χ3v) is 7.48. The van der Waals surface area contributed by atoms with Crippen molar-refractivity contribution in [2.45, 2.75) is 11.1 Å². The molecule has 0 unspecified atom stereocenters. The van der Waals surface area contributed by atoms with Crippen LogP contribution in [-0.2, 0) is 19.6 Å². The number of rotatable bonds is 7. The van der Waals surface area contributed by atoms with Gasteiger partial charge in [0.25, 0.3) is 10.0 Å². The first-order valence-corrected chi connectivity index (χ1v) is 10.6. The summed E-state index contributed by atoms with van der Waals surface area (Å²) in [5.74, 6) is -0.960. The molecule has 2 N–H and O–H groups in total. The highest BCUT2D eigenvalue weighted by molar-refractivity contribution is 9.10. The molecule has 0 aliphatic heterocycles. The van der Waals surface area contributed by atoms with Gasteiger partial charge in [0.15, 0.2) is 0 Å². The number of thiophene rings is 1. The maximum absolute atomic E-state index is 12.2. The zero-order valence-corrected chi connectivity index (χ0v) is 17.4. The van der Waals surface area contributed by atoms with E-state index in [0.717, 1.165) is 25.7 Å². The van der Waals surface area contributed by atoms with Crippen LogP contribution < -0.4 is 10.6 Å². The van der Waals surface area contributed by atoms with E-state index in [0.29, 0.717) is 5.69 Å². The van der Waals surface area contributed by atoms with Gasteiger partial charge in [0.2, 0.25) is 11.8 Å². The maximum Gasteiger partial charge on any atom is 0.252 e. The lowest BCUT2D eigenvalue weighted by atomic mass is 10.2. The van der Waals surface area contributed by atoms with E-state index in [9.17, 15) is 18.0 Å². The molecular formula is C16H18BrN3O4S2. The largest absolute Gasteiger partial charge is 0.346 e. The number of aryl methyl sites for hydroxylation is 1. The Morgan fingerprint density at radius 3 is 2.58 bits per heavy atom. The number of hydrogen-bond donors (Lipinski definition) is 2. The lowest BCUT2D eigenvalue weighted by Crippen LogP contribution is -2.41. The van der Waals surface area contributed by atoms with Gasteiger partial charge in [-0.25, -0.2) is 8.42 Å². The molecule has 140 valence electrons. The van der Waals surface area contributed by atoms with Crippen molar-refractivity contribution < 1.29 is 18.0 Å². The molecule has 2 amide bonds.